The van der Waals surface area contributed by atoms with Gasteiger partial charge in [0, 0.05) is 25.7 Å². The molecule has 17 heavy (non-hydrogen) atoms. The van der Waals surface area contributed by atoms with Gasteiger partial charge in [0.15, 0.2) is 0 Å². The number of aryl methyl sites for hydroxylation is 1. The molecule has 2 heteroatoms. The lowest BCUT2D eigenvalue weighted by Gasteiger charge is -2.19. The molecular formula is C15H26N2. The largest absolute Gasteiger partial charge is 0.313 e. The summed E-state index contributed by atoms with van der Waals surface area (Å²) >= 11 is 0. The summed E-state index contributed by atoms with van der Waals surface area (Å²) in [6.45, 7) is 11.9. The first-order valence-electron chi connectivity index (χ1n) is 6.47. The lowest BCUT2D eigenvalue weighted by atomic mass is 10.0. The van der Waals surface area contributed by atoms with Gasteiger partial charge >= 0.3 is 0 Å². The Morgan fingerprint density at radius 2 is 1.94 bits per heavy atom. The Kier molecular flexibility index (Phi) is 5.66. The van der Waals surface area contributed by atoms with E-state index in [2.05, 4.69) is 63.2 Å². The molecule has 0 atom stereocenters. The number of nitrogens with zero attached hydrogens (tertiary/aromatic N) is 1. The maximum atomic E-state index is 3.45. The Balaban J connectivity index is 2.45. The number of hydrogen-bond donors (Lipinski definition) is 1. The Morgan fingerprint density at radius 3 is 2.59 bits per heavy atom. The molecule has 0 unspecified atom stereocenters. The van der Waals surface area contributed by atoms with Crippen molar-refractivity contribution in [2.75, 3.05) is 20.1 Å². The van der Waals surface area contributed by atoms with Crippen LogP contribution < -0.4 is 5.32 Å². The van der Waals surface area contributed by atoms with Crippen LogP contribution in [-0.4, -0.2) is 31.1 Å². The third kappa shape index (κ3) is 4.88. The van der Waals surface area contributed by atoms with Gasteiger partial charge in [-0.25, -0.2) is 0 Å². The number of benzene rings is 1. The first-order valence-corrected chi connectivity index (χ1v) is 6.47. The van der Waals surface area contributed by atoms with E-state index in [1.165, 1.54) is 16.7 Å². The number of rotatable bonds is 6. The number of hydrogen-bond acceptors (Lipinski definition) is 2. The second-order valence-corrected chi connectivity index (χ2v) is 5.21. The van der Waals surface area contributed by atoms with Gasteiger partial charge in [0.05, 0.1) is 0 Å². The minimum atomic E-state index is 0.573. The summed E-state index contributed by atoms with van der Waals surface area (Å²) < 4.78 is 0. The average molecular weight is 234 g/mol. The van der Waals surface area contributed by atoms with E-state index in [0.717, 1.165) is 19.6 Å². The van der Waals surface area contributed by atoms with Crippen molar-refractivity contribution in [1.29, 1.82) is 0 Å². The lowest BCUT2D eigenvalue weighted by Crippen LogP contribution is -2.32. The Labute approximate surface area is 106 Å². The molecule has 2 nitrogen and oxygen atoms in total. The van der Waals surface area contributed by atoms with Crippen molar-refractivity contribution < 1.29 is 0 Å². The summed E-state index contributed by atoms with van der Waals surface area (Å²) in [4.78, 5) is 2.37. The number of likely N-dealkylation sites (N-methyl/N-ethyl adjacent to an activating group) is 1. The fourth-order valence-corrected chi connectivity index (χ4v) is 1.90. The summed E-state index contributed by atoms with van der Waals surface area (Å²) in [5, 5.41) is 3.45. The minimum absolute atomic E-state index is 0.573. The van der Waals surface area contributed by atoms with Gasteiger partial charge in [0.25, 0.3) is 0 Å². The summed E-state index contributed by atoms with van der Waals surface area (Å²) in [6.07, 6.45) is 0. The molecular weight excluding hydrogens is 208 g/mol. The van der Waals surface area contributed by atoms with Crippen molar-refractivity contribution in [3.8, 4) is 0 Å². The van der Waals surface area contributed by atoms with Gasteiger partial charge in [-0.2, -0.15) is 0 Å². The second kappa shape index (κ2) is 6.77. The molecule has 0 aliphatic heterocycles. The van der Waals surface area contributed by atoms with E-state index in [0.29, 0.717) is 6.04 Å². The first-order chi connectivity index (χ1) is 8.00. The van der Waals surface area contributed by atoms with E-state index < -0.39 is 0 Å². The highest BCUT2D eigenvalue weighted by Gasteiger charge is 2.04. The van der Waals surface area contributed by atoms with Crippen LogP contribution in [0.25, 0.3) is 0 Å². The molecule has 0 aliphatic rings. The quantitative estimate of drug-likeness (QED) is 0.814. The van der Waals surface area contributed by atoms with Gasteiger partial charge in [-0.15, -0.1) is 0 Å². The maximum Gasteiger partial charge on any atom is 0.0233 e. The van der Waals surface area contributed by atoms with Crippen molar-refractivity contribution in [2.24, 2.45) is 0 Å². The van der Waals surface area contributed by atoms with Crippen LogP contribution in [0, 0.1) is 13.8 Å². The SMILES string of the molecule is Cc1cccc(CN(C)CCNC(C)C)c1C. The van der Waals surface area contributed by atoms with Crippen LogP contribution in [-0.2, 0) is 6.54 Å². The molecule has 1 N–H and O–H groups in total. The van der Waals surface area contributed by atoms with Crippen LogP contribution in [0.15, 0.2) is 18.2 Å². The van der Waals surface area contributed by atoms with Crippen molar-refractivity contribution in [3.63, 3.8) is 0 Å². The summed E-state index contributed by atoms with van der Waals surface area (Å²) in [7, 11) is 2.18. The van der Waals surface area contributed by atoms with Crippen LogP contribution in [0.1, 0.15) is 30.5 Å². The van der Waals surface area contributed by atoms with E-state index in [1.807, 2.05) is 0 Å². The topological polar surface area (TPSA) is 15.3 Å². The van der Waals surface area contributed by atoms with Crippen molar-refractivity contribution in [3.05, 3.63) is 34.9 Å². The van der Waals surface area contributed by atoms with Gasteiger partial charge in [0.1, 0.15) is 0 Å². The van der Waals surface area contributed by atoms with E-state index in [4.69, 9.17) is 0 Å². The smallest absolute Gasteiger partial charge is 0.0233 e. The van der Waals surface area contributed by atoms with Crippen LogP contribution in [0.5, 0.6) is 0 Å². The predicted octanol–water partition coefficient (Wildman–Crippen LogP) is 2.73. The van der Waals surface area contributed by atoms with Crippen molar-refractivity contribution in [1.82, 2.24) is 10.2 Å². The van der Waals surface area contributed by atoms with Gasteiger partial charge in [-0.05, 0) is 37.6 Å². The van der Waals surface area contributed by atoms with Gasteiger partial charge in [-0.1, -0.05) is 32.0 Å². The highest BCUT2D eigenvalue weighted by Crippen LogP contribution is 2.14. The molecule has 0 spiro atoms. The molecule has 0 amide bonds. The van der Waals surface area contributed by atoms with E-state index in [-0.39, 0.29) is 0 Å². The van der Waals surface area contributed by atoms with Gasteiger partial charge in [-0.3, -0.25) is 0 Å². The fourth-order valence-electron chi connectivity index (χ4n) is 1.90. The Morgan fingerprint density at radius 1 is 1.24 bits per heavy atom. The zero-order chi connectivity index (χ0) is 12.8. The zero-order valence-electron chi connectivity index (χ0n) is 11.9. The van der Waals surface area contributed by atoms with Crippen LogP contribution in [0.3, 0.4) is 0 Å². The fraction of sp³-hybridized carbons (Fsp3) is 0.600. The summed E-state index contributed by atoms with van der Waals surface area (Å²) in [5.41, 5.74) is 4.25. The molecule has 0 aliphatic carbocycles. The average Bonchev–Trinajstić information content (AvgIpc) is 2.24. The molecule has 0 heterocycles. The van der Waals surface area contributed by atoms with E-state index >= 15 is 0 Å². The molecule has 0 radical (unpaired) electrons. The monoisotopic (exact) mass is 234 g/mol. The zero-order valence-corrected chi connectivity index (χ0v) is 11.9. The van der Waals surface area contributed by atoms with E-state index in [1.54, 1.807) is 0 Å². The van der Waals surface area contributed by atoms with Crippen molar-refractivity contribution >= 4 is 0 Å². The van der Waals surface area contributed by atoms with Crippen LogP contribution >= 0.6 is 0 Å². The third-order valence-corrected chi connectivity index (χ3v) is 3.20. The molecule has 0 bridgehead atoms. The molecule has 0 saturated carbocycles. The van der Waals surface area contributed by atoms with E-state index in [9.17, 15) is 0 Å². The highest BCUT2D eigenvalue weighted by atomic mass is 15.1. The molecule has 96 valence electrons. The molecule has 0 saturated heterocycles. The lowest BCUT2D eigenvalue weighted by molar-refractivity contribution is 0.319. The maximum absolute atomic E-state index is 3.45. The molecule has 1 aromatic rings. The summed E-state index contributed by atoms with van der Waals surface area (Å²) in [5.74, 6) is 0. The molecule has 1 aromatic carbocycles. The third-order valence-electron chi connectivity index (χ3n) is 3.20. The molecule has 1 rings (SSSR count). The second-order valence-electron chi connectivity index (χ2n) is 5.21. The standard InChI is InChI=1S/C15H26N2/c1-12(2)16-9-10-17(5)11-15-8-6-7-13(3)14(15)4/h6-8,12,16H,9-11H2,1-5H3. The van der Waals surface area contributed by atoms with Gasteiger partial charge in [0.2, 0.25) is 0 Å². The van der Waals surface area contributed by atoms with Gasteiger partial charge < -0.3 is 10.2 Å². The predicted molar refractivity (Wildman–Crippen MR) is 75.4 cm³/mol. The Hall–Kier alpha value is -0.860. The van der Waals surface area contributed by atoms with Crippen molar-refractivity contribution in [2.45, 2.75) is 40.3 Å². The Bertz CT molecular complexity index is 345. The van der Waals surface area contributed by atoms with Crippen LogP contribution in [0.4, 0.5) is 0 Å². The highest BCUT2D eigenvalue weighted by molar-refractivity contribution is 5.32. The number of nitrogens with one attached hydrogen (secondary N) is 1. The minimum Gasteiger partial charge on any atom is -0.313 e. The normalized spacial score (nSPS) is 11.5. The summed E-state index contributed by atoms with van der Waals surface area (Å²) in [6, 6.07) is 7.13. The first kappa shape index (κ1) is 14.2. The molecule has 0 aromatic heterocycles. The molecule has 0 fully saturated rings. The van der Waals surface area contributed by atoms with Crippen LogP contribution in [0.2, 0.25) is 0 Å².